The lowest BCUT2D eigenvalue weighted by Crippen LogP contribution is -2.32. The fraction of sp³-hybridized carbons (Fsp3) is 0.167. The molecule has 292 valence electrons. The Kier molecular flexibility index (Phi) is 7.42. The minimum atomic E-state index is -0.0996. The first kappa shape index (κ1) is 35.1. The molecule has 0 amide bonds. The molecule has 0 N–H and O–H groups in total. The molecule has 13 rings (SSSR count). The van der Waals surface area contributed by atoms with Gasteiger partial charge in [-0.3, -0.25) is 0 Å². The van der Waals surface area contributed by atoms with Gasteiger partial charge in [-0.2, -0.15) is 0 Å². The van der Waals surface area contributed by atoms with Crippen LogP contribution in [0.1, 0.15) is 61.8 Å². The van der Waals surface area contributed by atoms with Gasteiger partial charge in [-0.1, -0.05) is 178 Å². The molecule has 0 radical (unpaired) electrons. The number of nitrogens with zero attached hydrogens (tertiary/aromatic N) is 1. The summed E-state index contributed by atoms with van der Waals surface area (Å²) in [7, 11) is 0. The first-order valence-corrected chi connectivity index (χ1v) is 22.4. The lowest BCUT2D eigenvalue weighted by atomic mass is 9.67. The van der Waals surface area contributed by atoms with E-state index in [9.17, 15) is 0 Å². The first-order chi connectivity index (χ1) is 30.0. The van der Waals surface area contributed by atoms with E-state index in [1.165, 1.54) is 114 Å². The molecule has 0 saturated heterocycles. The number of hydrogen-bond acceptors (Lipinski definition) is 1. The number of hydrogen-bond donors (Lipinski definition) is 0. The van der Waals surface area contributed by atoms with E-state index in [0.717, 1.165) is 11.6 Å². The molecular formula is C60H47N. The fourth-order valence-corrected chi connectivity index (χ4v) is 13.0. The molecule has 9 aromatic carbocycles. The Balaban J connectivity index is 0.978. The van der Waals surface area contributed by atoms with Crippen LogP contribution in [-0.4, -0.2) is 0 Å². The van der Waals surface area contributed by atoms with Gasteiger partial charge in [0, 0.05) is 27.6 Å². The van der Waals surface area contributed by atoms with Crippen molar-refractivity contribution in [3.8, 4) is 44.5 Å². The van der Waals surface area contributed by atoms with Crippen LogP contribution in [0, 0.1) is 11.8 Å². The maximum Gasteiger partial charge on any atom is 0.0540 e. The second kappa shape index (κ2) is 12.9. The summed E-state index contributed by atoms with van der Waals surface area (Å²) in [4.78, 5) is 2.54. The van der Waals surface area contributed by atoms with Crippen molar-refractivity contribution in [2.45, 2.75) is 50.4 Å². The van der Waals surface area contributed by atoms with Crippen LogP contribution >= 0.6 is 0 Å². The van der Waals surface area contributed by atoms with Gasteiger partial charge < -0.3 is 4.90 Å². The minimum Gasteiger partial charge on any atom is -0.310 e. The lowest BCUT2D eigenvalue weighted by Gasteiger charge is -2.37. The highest BCUT2D eigenvalue weighted by molar-refractivity contribution is 6.13. The average molecular weight is 782 g/mol. The molecule has 1 heteroatoms. The van der Waals surface area contributed by atoms with E-state index < -0.39 is 0 Å². The molecule has 3 atom stereocenters. The first-order valence-electron chi connectivity index (χ1n) is 22.4. The predicted molar refractivity (Wildman–Crippen MR) is 256 cm³/mol. The molecule has 0 aliphatic heterocycles. The third-order valence-electron chi connectivity index (χ3n) is 15.5. The highest BCUT2D eigenvalue weighted by atomic mass is 15.1. The molecule has 1 nitrogen and oxygen atoms in total. The van der Waals surface area contributed by atoms with Gasteiger partial charge in [0.1, 0.15) is 0 Å². The van der Waals surface area contributed by atoms with Gasteiger partial charge in [-0.15, -0.1) is 0 Å². The molecule has 4 aliphatic rings. The van der Waals surface area contributed by atoms with Gasteiger partial charge in [0.25, 0.3) is 0 Å². The standard InChI is InChI=1S/C60H47N/c1-59(2)54-22-9-7-18-49(54)53-21-11-20-52(58(53)59)47-16-6-5-15-45(47)40-26-30-42(31-27-40)61(57-24-12-19-46-44-14-4-3-13-39(44)28-33-51(46)57)43-32-34-50-48-17-8-10-23-55(48)60(56(50)36-43)37-38-25-29-41(60)35-38/h3-24,26-28,30-34,36,38,41H,25,29,35,37H2,1-2H3. The molecule has 1 spiro atoms. The third-order valence-corrected chi connectivity index (χ3v) is 15.5. The highest BCUT2D eigenvalue weighted by Crippen LogP contribution is 2.66. The second-order valence-corrected chi connectivity index (χ2v) is 18.8. The zero-order chi connectivity index (χ0) is 40.5. The number of fused-ring (bicyclic) bond motifs is 14. The summed E-state index contributed by atoms with van der Waals surface area (Å²) >= 11 is 0. The molecule has 9 aromatic rings. The van der Waals surface area contributed by atoms with E-state index in [1.807, 2.05) is 0 Å². The number of anilines is 3. The van der Waals surface area contributed by atoms with Crippen molar-refractivity contribution in [1.82, 2.24) is 0 Å². The van der Waals surface area contributed by atoms with E-state index in [4.69, 9.17) is 0 Å². The normalized spacial score (nSPS) is 19.9. The average Bonchev–Trinajstić information content (AvgIpc) is 4.06. The predicted octanol–water partition coefficient (Wildman–Crippen LogP) is 16.2. The zero-order valence-electron chi connectivity index (χ0n) is 34.8. The summed E-state index contributed by atoms with van der Waals surface area (Å²) in [5.41, 5.74) is 20.2. The van der Waals surface area contributed by atoms with Crippen LogP contribution < -0.4 is 4.90 Å². The summed E-state index contributed by atoms with van der Waals surface area (Å²) < 4.78 is 0. The molecule has 3 unspecified atom stereocenters. The quantitative estimate of drug-likeness (QED) is 0.157. The SMILES string of the molecule is CC1(C)c2ccccc2-c2cccc(-c3ccccc3-c3ccc(N(c4ccc5c(c4)C4(CC6CCC4C6)c4ccccc4-5)c4cccc5c4ccc4ccccc45)cc3)c21. The Morgan fingerprint density at radius 3 is 1.85 bits per heavy atom. The largest absolute Gasteiger partial charge is 0.310 e. The van der Waals surface area contributed by atoms with Crippen molar-refractivity contribution >= 4 is 38.6 Å². The molecule has 0 aromatic heterocycles. The van der Waals surface area contributed by atoms with Gasteiger partial charge in [0.15, 0.2) is 0 Å². The molecule has 0 heterocycles. The van der Waals surface area contributed by atoms with Crippen molar-refractivity contribution in [2.24, 2.45) is 11.8 Å². The summed E-state index contributed by atoms with van der Waals surface area (Å²) in [5.74, 6) is 1.53. The Hall–Kier alpha value is -6.70. The van der Waals surface area contributed by atoms with Crippen LogP contribution in [0.2, 0.25) is 0 Å². The van der Waals surface area contributed by atoms with E-state index in [0.29, 0.717) is 5.92 Å². The van der Waals surface area contributed by atoms with Crippen LogP contribution in [0.25, 0.3) is 66.1 Å². The Labute approximate surface area is 359 Å². The topological polar surface area (TPSA) is 3.24 Å². The minimum absolute atomic E-state index is 0.0996. The third kappa shape index (κ3) is 4.89. The molecule has 2 saturated carbocycles. The second-order valence-electron chi connectivity index (χ2n) is 18.8. The van der Waals surface area contributed by atoms with Crippen molar-refractivity contribution in [1.29, 1.82) is 0 Å². The molecule has 2 bridgehead atoms. The zero-order valence-corrected chi connectivity index (χ0v) is 34.8. The maximum absolute atomic E-state index is 2.59. The Morgan fingerprint density at radius 1 is 0.443 bits per heavy atom. The van der Waals surface area contributed by atoms with Crippen molar-refractivity contribution in [3.05, 3.63) is 210 Å². The van der Waals surface area contributed by atoms with Crippen LogP contribution in [0.5, 0.6) is 0 Å². The molecule has 2 fully saturated rings. The van der Waals surface area contributed by atoms with Crippen molar-refractivity contribution < 1.29 is 0 Å². The van der Waals surface area contributed by atoms with E-state index in [-0.39, 0.29) is 10.8 Å². The lowest BCUT2D eigenvalue weighted by molar-refractivity contribution is 0.327. The monoisotopic (exact) mass is 781 g/mol. The van der Waals surface area contributed by atoms with Gasteiger partial charge >= 0.3 is 0 Å². The van der Waals surface area contributed by atoms with Gasteiger partial charge in [0.05, 0.1) is 5.69 Å². The maximum atomic E-state index is 2.59. The number of benzene rings is 9. The van der Waals surface area contributed by atoms with Crippen LogP contribution in [0.3, 0.4) is 0 Å². The van der Waals surface area contributed by atoms with E-state index in [2.05, 4.69) is 207 Å². The van der Waals surface area contributed by atoms with Crippen LogP contribution in [0.4, 0.5) is 17.1 Å². The number of rotatable bonds is 5. The molecule has 4 aliphatic carbocycles. The van der Waals surface area contributed by atoms with Crippen LogP contribution in [-0.2, 0) is 10.8 Å². The fourth-order valence-electron chi connectivity index (χ4n) is 13.0. The van der Waals surface area contributed by atoms with Gasteiger partial charge in [-0.25, -0.2) is 0 Å². The molecular weight excluding hydrogens is 735 g/mol. The molecule has 61 heavy (non-hydrogen) atoms. The summed E-state index contributed by atoms with van der Waals surface area (Å²) in [6.45, 7) is 4.78. The Bertz CT molecular complexity index is 3260. The van der Waals surface area contributed by atoms with E-state index >= 15 is 0 Å². The van der Waals surface area contributed by atoms with E-state index in [1.54, 1.807) is 11.1 Å². The van der Waals surface area contributed by atoms with Crippen molar-refractivity contribution in [2.75, 3.05) is 4.90 Å². The Morgan fingerprint density at radius 2 is 1.07 bits per heavy atom. The van der Waals surface area contributed by atoms with Gasteiger partial charge in [0.2, 0.25) is 0 Å². The smallest absolute Gasteiger partial charge is 0.0540 e. The van der Waals surface area contributed by atoms with Gasteiger partial charge in [-0.05, 0) is 144 Å². The summed E-state index contributed by atoms with van der Waals surface area (Å²) in [5, 5.41) is 5.10. The summed E-state index contributed by atoms with van der Waals surface area (Å²) in [6.07, 6.45) is 5.35. The van der Waals surface area contributed by atoms with Crippen molar-refractivity contribution in [3.63, 3.8) is 0 Å². The highest BCUT2D eigenvalue weighted by Gasteiger charge is 2.56. The van der Waals surface area contributed by atoms with Crippen LogP contribution in [0.15, 0.2) is 188 Å². The summed E-state index contributed by atoms with van der Waals surface area (Å²) in [6, 6.07) is 71.3.